The van der Waals surface area contributed by atoms with Gasteiger partial charge in [-0.25, -0.2) is 9.78 Å². The van der Waals surface area contributed by atoms with Gasteiger partial charge in [0.2, 0.25) is 5.79 Å². The van der Waals surface area contributed by atoms with Gasteiger partial charge in [-0.05, 0) is 74.6 Å². The van der Waals surface area contributed by atoms with Crippen molar-refractivity contribution in [2.45, 2.75) is 116 Å². The van der Waals surface area contributed by atoms with Gasteiger partial charge in [0.1, 0.15) is 11.2 Å². The van der Waals surface area contributed by atoms with E-state index in [4.69, 9.17) is 19.6 Å². The molecule has 2 aromatic carbocycles. The molecule has 1 fully saturated rings. The lowest BCUT2D eigenvalue weighted by molar-refractivity contribution is -0.551. The highest BCUT2D eigenvalue weighted by molar-refractivity contribution is 5.29. The number of benzene rings is 2. The Bertz CT molecular complexity index is 819. The Balaban J connectivity index is 1.69. The van der Waals surface area contributed by atoms with Gasteiger partial charge in [0.05, 0.1) is 0 Å². The summed E-state index contributed by atoms with van der Waals surface area (Å²) in [6.45, 7) is 16.9. The van der Waals surface area contributed by atoms with Gasteiger partial charge in [-0.2, -0.15) is 9.78 Å². The Morgan fingerprint density at radius 2 is 0.941 bits per heavy atom. The molecule has 0 N–H and O–H groups in total. The van der Waals surface area contributed by atoms with Crippen molar-refractivity contribution in [1.82, 2.24) is 0 Å². The molecule has 1 aliphatic rings. The third-order valence-electron chi connectivity index (χ3n) is 6.96. The summed E-state index contributed by atoms with van der Waals surface area (Å²) >= 11 is 0. The van der Waals surface area contributed by atoms with E-state index in [1.807, 2.05) is 27.7 Å². The Labute approximate surface area is 206 Å². The van der Waals surface area contributed by atoms with E-state index in [1.54, 1.807) is 0 Å². The molecular weight excluding hydrogens is 424 g/mol. The van der Waals surface area contributed by atoms with Crippen LogP contribution < -0.4 is 0 Å². The lowest BCUT2D eigenvalue weighted by Crippen LogP contribution is -2.42. The lowest BCUT2D eigenvalue weighted by Gasteiger charge is -2.39. The predicted octanol–water partition coefficient (Wildman–Crippen LogP) is 8.66. The highest BCUT2D eigenvalue weighted by Gasteiger charge is 2.41. The highest BCUT2D eigenvalue weighted by Crippen LogP contribution is 2.39. The maximum atomic E-state index is 6.10. The summed E-state index contributed by atoms with van der Waals surface area (Å²) in [6, 6.07) is 17.1. The molecule has 1 aliphatic carbocycles. The van der Waals surface area contributed by atoms with E-state index >= 15 is 0 Å². The van der Waals surface area contributed by atoms with Crippen LogP contribution in [0, 0.1) is 0 Å². The third kappa shape index (κ3) is 6.69. The van der Waals surface area contributed by atoms with Crippen molar-refractivity contribution in [2.75, 3.05) is 0 Å². The van der Waals surface area contributed by atoms with Gasteiger partial charge >= 0.3 is 0 Å². The Morgan fingerprint density at radius 1 is 0.588 bits per heavy atom. The monoisotopic (exact) mass is 468 g/mol. The topological polar surface area (TPSA) is 36.9 Å². The molecule has 0 heterocycles. The van der Waals surface area contributed by atoms with Gasteiger partial charge in [0, 0.05) is 12.8 Å². The third-order valence-corrected chi connectivity index (χ3v) is 6.96. The van der Waals surface area contributed by atoms with Crippen LogP contribution in [0.2, 0.25) is 0 Å². The van der Waals surface area contributed by atoms with Crippen LogP contribution in [0.1, 0.15) is 122 Å². The smallest absolute Gasteiger partial charge is 0.223 e. The molecular formula is C30H44O4. The van der Waals surface area contributed by atoms with Crippen LogP contribution in [0.15, 0.2) is 48.5 Å². The molecule has 0 bridgehead atoms. The molecule has 0 saturated heterocycles. The van der Waals surface area contributed by atoms with Gasteiger partial charge < -0.3 is 0 Å². The zero-order valence-electron chi connectivity index (χ0n) is 22.4. The maximum absolute atomic E-state index is 6.10. The van der Waals surface area contributed by atoms with E-state index in [9.17, 15) is 0 Å². The first-order valence-corrected chi connectivity index (χ1v) is 12.9. The highest BCUT2D eigenvalue weighted by atomic mass is 17.3. The van der Waals surface area contributed by atoms with Gasteiger partial charge in [0.25, 0.3) is 0 Å². The maximum Gasteiger partial charge on any atom is 0.234 e. The van der Waals surface area contributed by atoms with Crippen molar-refractivity contribution in [3.8, 4) is 0 Å². The molecule has 2 aromatic rings. The first-order valence-electron chi connectivity index (χ1n) is 12.9. The Morgan fingerprint density at radius 3 is 1.26 bits per heavy atom. The first kappa shape index (κ1) is 26.9. The first-order chi connectivity index (χ1) is 15.9. The second kappa shape index (κ2) is 10.9. The number of hydrogen-bond donors (Lipinski definition) is 0. The summed E-state index contributed by atoms with van der Waals surface area (Å²) in [5, 5.41) is 0. The average molecular weight is 469 g/mol. The summed E-state index contributed by atoms with van der Waals surface area (Å²) in [7, 11) is 0. The lowest BCUT2D eigenvalue weighted by atomic mass is 9.94. The van der Waals surface area contributed by atoms with Crippen molar-refractivity contribution >= 4 is 0 Å². The van der Waals surface area contributed by atoms with Crippen LogP contribution in [0.5, 0.6) is 0 Å². The average Bonchev–Trinajstić information content (AvgIpc) is 2.82. The molecule has 188 valence electrons. The quantitative estimate of drug-likeness (QED) is 0.199. The summed E-state index contributed by atoms with van der Waals surface area (Å²) in [5.74, 6) is 0.0772. The summed E-state index contributed by atoms with van der Waals surface area (Å²) in [5.41, 5.74) is 3.51. The van der Waals surface area contributed by atoms with Gasteiger partial charge in [-0.15, -0.1) is 0 Å². The molecule has 0 aromatic heterocycles. The molecule has 0 amide bonds. The molecule has 1 saturated carbocycles. The largest absolute Gasteiger partial charge is 0.234 e. The molecule has 3 rings (SSSR count). The summed E-state index contributed by atoms with van der Waals surface area (Å²) in [6.07, 6.45) is 4.66. The minimum absolute atomic E-state index is 0.496. The van der Waals surface area contributed by atoms with Crippen LogP contribution in [0.25, 0.3) is 0 Å². The van der Waals surface area contributed by atoms with E-state index in [-0.39, 0.29) is 0 Å². The van der Waals surface area contributed by atoms with Gasteiger partial charge in [-0.3, -0.25) is 0 Å². The van der Waals surface area contributed by atoms with Crippen LogP contribution in [-0.2, 0) is 30.8 Å². The molecule has 4 nitrogen and oxygen atoms in total. The van der Waals surface area contributed by atoms with Gasteiger partial charge in [-0.1, -0.05) is 82.6 Å². The van der Waals surface area contributed by atoms with E-state index < -0.39 is 17.0 Å². The van der Waals surface area contributed by atoms with E-state index in [0.29, 0.717) is 11.8 Å². The van der Waals surface area contributed by atoms with Crippen molar-refractivity contribution in [3.05, 3.63) is 70.8 Å². The standard InChI is InChI=1S/C30H44O4/c1-22(2)24-12-16-26(17-13-24)28(5,6)31-33-30(20-10-9-11-21-30)34-32-29(7,8)27-18-14-25(15-19-27)23(3)4/h12-19,22-23H,9-11,20-21H2,1-8H3. The zero-order valence-corrected chi connectivity index (χ0v) is 22.4. The Kier molecular flexibility index (Phi) is 8.62. The zero-order chi connectivity index (χ0) is 25.0. The molecule has 0 radical (unpaired) electrons. The van der Waals surface area contributed by atoms with E-state index in [0.717, 1.165) is 43.2 Å². The molecule has 0 aliphatic heterocycles. The van der Waals surface area contributed by atoms with Crippen molar-refractivity contribution < 1.29 is 19.6 Å². The molecule has 0 spiro atoms. The van der Waals surface area contributed by atoms with Crippen molar-refractivity contribution in [2.24, 2.45) is 0 Å². The van der Waals surface area contributed by atoms with Crippen LogP contribution >= 0.6 is 0 Å². The number of rotatable bonds is 10. The molecule has 4 heteroatoms. The van der Waals surface area contributed by atoms with Crippen LogP contribution in [0.4, 0.5) is 0 Å². The van der Waals surface area contributed by atoms with E-state index in [2.05, 4.69) is 76.2 Å². The van der Waals surface area contributed by atoms with Gasteiger partial charge in [0.15, 0.2) is 0 Å². The fourth-order valence-corrected chi connectivity index (χ4v) is 4.27. The van der Waals surface area contributed by atoms with Crippen LogP contribution in [0.3, 0.4) is 0 Å². The minimum Gasteiger partial charge on any atom is -0.223 e. The minimum atomic E-state index is -0.914. The molecule has 0 unspecified atom stereocenters. The number of hydrogen-bond acceptors (Lipinski definition) is 4. The fraction of sp³-hybridized carbons (Fsp3) is 0.600. The second-order valence-electron chi connectivity index (χ2n) is 11.4. The SMILES string of the molecule is CC(C)c1ccc(C(C)(C)OOC2(OOC(C)(C)c3ccc(C(C)C)cc3)CCCCC2)cc1. The summed E-state index contributed by atoms with van der Waals surface area (Å²) < 4.78 is 0. The van der Waals surface area contributed by atoms with Crippen molar-refractivity contribution in [3.63, 3.8) is 0 Å². The fourth-order valence-electron chi connectivity index (χ4n) is 4.27. The van der Waals surface area contributed by atoms with Crippen molar-refractivity contribution in [1.29, 1.82) is 0 Å². The molecule has 0 atom stereocenters. The predicted molar refractivity (Wildman–Crippen MR) is 137 cm³/mol. The normalized spacial score (nSPS) is 16.9. The molecule has 34 heavy (non-hydrogen) atoms. The second-order valence-corrected chi connectivity index (χ2v) is 11.4. The Hall–Kier alpha value is -1.72. The van der Waals surface area contributed by atoms with E-state index in [1.165, 1.54) is 11.1 Å². The van der Waals surface area contributed by atoms with Crippen LogP contribution in [-0.4, -0.2) is 5.79 Å². The summed E-state index contributed by atoms with van der Waals surface area (Å²) in [4.78, 5) is 24.3.